The third kappa shape index (κ3) is 5.91. The smallest absolute Gasteiger partial charge is 0.234 e. The summed E-state index contributed by atoms with van der Waals surface area (Å²) in [4.78, 5) is 12.4. The van der Waals surface area contributed by atoms with Gasteiger partial charge in [-0.15, -0.1) is 10.2 Å². The minimum atomic E-state index is -0.258. The summed E-state index contributed by atoms with van der Waals surface area (Å²) < 4.78 is 8.16. The van der Waals surface area contributed by atoms with Crippen LogP contribution in [0.1, 0.15) is 62.2 Å². The van der Waals surface area contributed by atoms with Gasteiger partial charge in [-0.05, 0) is 62.9 Å². The number of thioether (sulfide) groups is 1. The maximum atomic E-state index is 12.4. The number of ether oxygens (including phenoxy) is 1. The summed E-state index contributed by atoms with van der Waals surface area (Å²) in [6.07, 6.45) is -0.258. The van der Waals surface area contributed by atoms with Gasteiger partial charge in [0.2, 0.25) is 5.91 Å². The number of hydrogen-bond donors (Lipinski definition) is 1. The van der Waals surface area contributed by atoms with Gasteiger partial charge in [-0.3, -0.25) is 4.79 Å². The summed E-state index contributed by atoms with van der Waals surface area (Å²) in [7, 11) is 0. The lowest BCUT2D eigenvalue weighted by atomic mass is 10.0. The van der Waals surface area contributed by atoms with Crippen LogP contribution in [-0.2, 0) is 11.3 Å². The highest BCUT2D eigenvalue weighted by atomic mass is 32.2. The second-order valence-corrected chi connectivity index (χ2v) is 9.17. The molecule has 1 amide bonds. The Hall–Kier alpha value is -2.80. The average Bonchev–Trinajstić information content (AvgIpc) is 3.17. The van der Waals surface area contributed by atoms with Gasteiger partial charge < -0.3 is 14.6 Å². The predicted molar refractivity (Wildman–Crippen MR) is 131 cm³/mol. The number of aryl methyl sites for hydroxylation is 2. The second-order valence-electron chi connectivity index (χ2n) is 8.23. The van der Waals surface area contributed by atoms with E-state index in [4.69, 9.17) is 4.74 Å². The largest absolute Gasteiger partial charge is 0.482 e. The number of nitrogens with one attached hydrogen (secondary N) is 1. The first-order valence-corrected chi connectivity index (χ1v) is 12.0. The van der Waals surface area contributed by atoms with E-state index in [2.05, 4.69) is 42.4 Å². The molecule has 0 bridgehead atoms. The number of amides is 1. The molecule has 6 nitrogen and oxygen atoms in total. The quantitative estimate of drug-likeness (QED) is 0.409. The average molecular weight is 453 g/mol. The van der Waals surface area contributed by atoms with E-state index >= 15 is 0 Å². The molecule has 3 aromatic rings. The second kappa shape index (κ2) is 10.7. The summed E-state index contributed by atoms with van der Waals surface area (Å²) >= 11 is 1.38. The number of carbonyl (C=O) groups excluding carboxylic acids is 1. The molecule has 0 aliphatic carbocycles. The van der Waals surface area contributed by atoms with Crippen LogP contribution >= 0.6 is 11.8 Å². The number of carbonyl (C=O) groups is 1. The molecule has 2 aromatic carbocycles. The molecule has 1 heterocycles. The third-order valence-corrected chi connectivity index (χ3v) is 6.22. The van der Waals surface area contributed by atoms with Crippen molar-refractivity contribution in [3.63, 3.8) is 0 Å². The lowest BCUT2D eigenvalue weighted by Crippen LogP contribution is -2.15. The van der Waals surface area contributed by atoms with Crippen LogP contribution in [0.15, 0.2) is 47.6 Å². The lowest BCUT2D eigenvalue weighted by molar-refractivity contribution is -0.113. The molecule has 0 fully saturated rings. The zero-order valence-corrected chi connectivity index (χ0v) is 20.5. The van der Waals surface area contributed by atoms with E-state index in [9.17, 15) is 4.79 Å². The van der Waals surface area contributed by atoms with Gasteiger partial charge in [-0.1, -0.05) is 55.4 Å². The first-order valence-electron chi connectivity index (χ1n) is 11.0. The highest BCUT2D eigenvalue weighted by Crippen LogP contribution is 2.27. The van der Waals surface area contributed by atoms with Crippen LogP contribution in [0.2, 0.25) is 0 Å². The van der Waals surface area contributed by atoms with Crippen molar-refractivity contribution in [2.45, 2.75) is 65.3 Å². The van der Waals surface area contributed by atoms with E-state index in [1.807, 2.05) is 61.7 Å². The van der Waals surface area contributed by atoms with Gasteiger partial charge in [-0.2, -0.15) is 0 Å². The van der Waals surface area contributed by atoms with Crippen molar-refractivity contribution in [1.82, 2.24) is 14.8 Å². The van der Waals surface area contributed by atoms with Crippen molar-refractivity contribution >= 4 is 23.4 Å². The zero-order chi connectivity index (χ0) is 23.3. The van der Waals surface area contributed by atoms with Crippen LogP contribution < -0.4 is 10.1 Å². The standard InChI is InChI=1S/C25H32N4O2S/c1-7-29-24(19(6)31-22-13-8-17(4)14-18(22)5)27-28-25(29)32-15-23(30)26-21-11-9-20(10-12-21)16(2)3/h8-14,16,19H,7,15H2,1-6H3,(H,26,30). The number of nitrogens with zero attached hydrogens (tertiary/aromatic N) is 3. The van der Waals surface area contributed by atoms with Crippen LogP contribution in [0.4, 0.5) is 5.69 Å². The Balaban J connectivity index is 1.62. The van der Waals surface area contributed by atoms with Crippen molar-refractivity contribution < 1.29 is 9.53 Å². The Labute approximate surface area is 194 Å². The topological polar surface area (TPSA) is 69.0 Å². The molecule has 32 heavy (non-hydrogen) atoms. The Morgan fingerprint density at radius 1 is 1.09 bits per heavy atom. The number of hydrogen-bond acceptors (Lipinski definition) is 5. The molecule has 0 aliphatic rings. The maximum absolute atomic E-state index is 12.4. The molecule has 0 spiro atoms. The van der Waals surface area contributed by atoms with Gasteiger partial charge in [0, 0.05) is 12.2 Å². The fourth-order valence-corrected chi connectivity index (χ4v) is 4.27. The SMILES string of the molecule is CCn1c(SCC(=O)Nc2ccc(C(C)C)cc2)nnc1C(C)Oc1ccc(C)cc1C. The molecule has 0 saturated heterocycles. The van der Waals surface area contributed by atoms with Gasteiger partial charge in [0.1, 0.15) is 5.75 Å². The van der Waals surface area contributed by atoms with Gasteiger partial charge in [0.15, 0.2) is 17.1 Å². The predicted octanol–water partition coefficient (Wildman–Crippen LogP) is 5.91. The molecular weight excluding hydrogens is 420 g/mol. The number of rotatable bonds is 9. The van der Waals surface area contributed by atoms with E-state index in [-0.39, 0.29) is 17.8 Å². The molecule has 1 N–H and O–H groups in total. The number of anilines is 1. The zero-order valence-electron chi connectivity index (χ0n) is 19.7. The van der Waals surface area contributed by atoms with Gasteiger partial charge in [0.25, 0.3) is 0 Å². The fourth-order valence-electron chi connectivity index (χ4n) is 3.46. The first kappa shape index (κ1) is 23.9. The molecular formula is C25H32N4O2S. The van der Waals surface area contributed by atoms with Gasteiger partial charge >= 0.3 is 0 Å². The van der Waals surface area contributed by atoms with E-state index in [1.165, 1.54) is 22.9 Å². The summed E-state index contributed by atoms with van der Waals surface area (Å²) in [5, 5.41) is 12.3. The maximum Gasteiger partial charge on any atom is 0.234 e. The van der Waals surface area contributed by atoms with Crippen molar-refractivity contribution in [2.24, 2.45) is 0 Å². The summed E-state index contributed by atoms with van der Waals surface area (Å²) in [5.74, 6) is 2.24. The van der Waals surface area contributed by atoms with Gasteiger partial charge in [-0.25, -0.2) is 0 Å². The highest BCUT2D eigenvalue weighted by Gasteiger charge is 2.20. The summed E-state index contributed by atoms with van der Waals surface area (Å²) in [5.41, 5.74) is 4.34. The lowest BCUT2D eigenvalue weighted by Gasteiger charge is -2.17. The van der Waals surface area contributed by atoms with Crippen LogP contribution in [0.25, 0.3) is 0 Å². The van der Waals surface area contributed by atoms with Crippen LogP contribution in [-0.4, -0.2) is 26.4 Å². The molecule has 1 atom stereocenters. The molecule has 0 radical (unpaired) electrons. The van der Waals surface area contributed by atoms with Crippen molar-refractivity contribution in [1.29, 1.82) is 0 Å². The Morgan fingerprint density at radius 3 is 2.44 bits per heavy atom. The Kier molecular flexibility index (Phi) is 7.96. The molecule has 0 aliphatic heterocycles. The van der Waals surface area contributed by atoms with E-state index < -0.39 is 0 Å². The van der Waals surface area contributed by atoms with Crippen LogP contribution in [0, 0.1) is 13.8 Å². The number of benzene rings is 2. The molecule has 1 unspecified atom stereocenters. The summed E-state index contributed by atoms with van der Waals surface area (Å²) in [6, 6.07) is 14.1. The molecule has 170 valence electrons. The van der Waals surface area contributed by atoms with Crippen LogP contribution in [0.3, 0.4) is 0 Å². The minimum absolute atomic E-state index is 0.0703. The Bertz CT molecular complexity index is 1060. The number of aromatic nitrogens is 3. The Morgan fingerprint density at radius 2 is 1.81 bits per heavy atom. The normalized spacial score (nSPS) is 12.1. The van der Waals surface area contributed by atoms with E-state index in [0.29, 0.717) is 17.6 Å². The molecule has 7 heteroatoms. The van der Waals surface area contributed by atoms with Gasteiger partial charge in [0.05, 0.1) is 5.75 Å². The minimum Gasteiger partial charge on any atom is -0.482 e. The molecule has 3 rings (SSSR count). The third-order valence-electron chi connectivity index (χ3n) is 5.25. The van der Waals surface area contributed by atoms with Crippen molar-refractivity contribution in [3.8, 4) is 5.75 Å². The van der Waals surface area contributed by atoms with Crippen LogP contribution in [0.5, 0.6) is 5.75 Å². The van der Waals surface area contributed by atoms with E-state index in [1.54, 1.807) is 0 Å². The first-order chi connectivity index (χ1) is 15.3. The monoisotopic (exact) mass is 452 g/mol. The van der Waals surface area contributed by atoms with E-state index in [0.717, 1.165) is 22.8 Å². The van der Waals surface area contributed by atoms with Crippen molar-refractivity contribution in [3.05, 3.63) is 65.0 Å². The van der Waals surface area contributed by atoms with Crippen molar-refractivity contribution in [2.75, 3.05) is 11.1 Å². The highest BCUT2D eigenvalue weighted by molar-refractivity contribution is 7.99. The molecule has 1 aromatic heterocycles. The summed E-state index contributed by atoms with van der Waals surface area (Å²) in [6.45, 7) is 13.1. The molecule has 0 saturated carbocycles. The fraction of sp³-hybridized carbons (Fsp3) is 0.400.